The fraction of sp³-hybridized carbons (Fsp3) is 0.429. The SMILES string of the molecule is CC1CC2C(=O)N(c3ccc(Cl)cc3N)C(=O)C2C1. The molecule has 1 heterocycles. The number of nitrogens with two attached hydrogens (primary N) is 1. The number of nitrogen functional groups attached to an aromatic ring is 1. The Morgan fingerprint density at radius 3 is 2.32 bits per heavy atom. The molecule has 2 unspecified atom stereocenters. The lowest BCUT2D eigenvalue weighted by Gasteiger charge is -2.18. The van der Waals surface area contributed by atoms with Crippen LogP contribution >= 0.6 is 11.6 Å². The second-order valence-electron chi connectivity index (χ2n) is 5.50. The number of carbonyl (C=O) groups is 2. The van der Waals surface area contributed by atoms with Crippen LogP contribution in [0.1, 0.15) is 19.8 Å². The Labute approximate surface area is 116 Å². The summed E-state index contributed by atoms with van der Waals surface area (Å²) in [6, 6.07) is 4.84. The summed E-state index contributed by atoms with van der Waals surface area (Å²) in [7, 11) is 0. The Kier molecular flexibility index (Phi) is 2.78. The summed E-state index contributed by atoms with van der Waals surface area (Å²) in [6.07, 6.45) is 1.58. The number of hydrogen-bond acceptors (Lipinski definition) is 3. The van der Waals surface area contributed by atoms with Crippen molar-refractivity contribution in [2.45, 2.75) is 19.8 Å². The number of nitrogens with zero attached hydrogens (tertiary/aromatic N) is 1. The van der Waals surface area contributed by atoms with Gasteiger partial charge in [-0.15, -0.1) is 0 Å². The van der Waals surface area contributed by atoms with Gasteiger partial charge in [0.25, 0.3) is 0 Å². The highest BCUT2D eigenvalue weighted by molar-refractivity contribution is 6.31. The smallest absolute Gasteiger partial charge is 0.237 e. The van der Waals surface area contributed by atoms with E-state index in [2.05, 4.69) is 6.92 Å². The number of halogens is 1. The number of fused-ring (bicyclic) bond motifs is 1. The van der Waals surface area contributed by atoms with Gasteiger partial charge >= 0.3 is 0 Å². The molecule has 5 heteroatoms. The molecule has 1 saturated carbocycles. The van der Waals surface area contributed by atoms with Crippen LogP contribution in [0.25, 0.3) is 0 Å². The first-order valence-electron chi connectivity index (χ1n) is 6.42. The monoisotopic (exact) mass is 278 g/mol. The Morgan fingerprint density at radius 2 is 1.79 bits per heavy atom. The number of imide groups is 1. The third-order valence-corrected chi connectivity index (χ3v) is 4.34. The molecule has 2 fully saturated rings. The van der Waals surface area contributed by atoms with Crippen LogP contribution in [0.3, 0.4) is 0 Å². The van der Waals surface area contributed by atoms with Gasteiger partial charge in [-0.1, -0.05) is 18.5 Å². The Morgan fingerprint density at radius 1 is 1.21 bits per heavy atom. The lowest BCUT2D eigenvalue weighted by atomic mass is 10.00. The molecule has 1 aliphatic carbocycles. The largest absolute Gasteiger partial charge is 0.397 e. The molecule has 2 amide bonds. The van der Waals surface area contributed by atoms with Crippen molar-refractivity contribution in [2.24, 2.45) is 17.8 Å². The zero-order valence-electron chi connectivity index (χ0n) is 10.6. The Bertz CT molecular complexity index is 549. The van der Waals surface area contributed by atoms with E-state index in [1.165, 1.54) is 4.90 Å². The molecular weight excluding hydrogens is 264 g/mol. The summed E-state index contributed by atoms with van der Waals surface area (Å²) in [5.74, 6) is -0.135. The van der Waals surface area contributed by atoms with E-state index in [0.29, 0.717) is 22.3 Å². The van der Waals surface area contributed by atoms with Crippen molar-refractivity contribution in [1.82, 2.24) is 0 Å². The average molecular weight is 279 g/mol. The minimum absolute atomic E-state index is 0.117. The third kappa shape index (κ3) is 1.82. The van der Waals surface area contributed by atoms with Gasteiger partial charge < -0.3 is 5.73 Å². The molecule has 0 bridgehead atoms. The summed E-state index contributed by atoms with van der Waals surface area (Å²) in [5, 5.41) is 0.495. The normalized spacial score (nSPS) is 30.0. The summed E-state index contributed by atoms with van der Waals surface area (Å²) in [6.45, 7) is 2.08. The second kappa shape index (κ2) is 4.23. The van der Waals surface area contributed by atoms with Crippen LogP contribution in [-0.4, -0.2) is 11.8 Å². The highest BCUT2D eigenvalue weighted by Gasteiger charge is 2.52. The quantitative estimate of drug-likeness (QED) is 0.634. The van der Waals surface area contributed by atoms with Crippen molar-refractivity contribution in [1.29, 1.82) is 0 Å². The molecule has 2 atom stereocenters. The molecule has 19 heavy (non-hydrogen) atoms. The van der Waals surface area contributed by atoms with E-state index in [4.69, 9.17) is 17.3 Å². The molecule has 0 aromatic heterocycles. The van der Waals surface area contributed by atoms with Crippen LogP contribution in [0.2, 0.25) is 5.02 Å². The van der Waals surface area contributed by atoms with E-state index >= 15 is 0 Å². The third-order valence-electron chi connectivity index (χ3n) is 4.10. The van der Waals surface area contributed by atoms with Gasteiger partial charge in [-0.05, 0) is 37.0 Å². The predicted octanol–water partition coefficient (Wildman–Crippen LogP) is 2.46. The highest BCUT2D eigenvalue weighted by atomic mass is 35.5. The van der Waals surface area contributed by atoms with Gasteiger partial charge in [0.15, 0.2) is 0 Å². The van der Waals surface area contributed by atoms with Gasteiger partial charge in [0.1, 0.15) is 0 Å². The van der Waals surface area contributed by atoms with E-state index in [-0.39, 0.29) is 23.7 Å². The van der Waals surface area contributed by atoms with Crippen LogP contribution in [0.15, 0.2) is 18.2 Å². The minimum Gasteiger partial charge on any atom is -0.397 e. The maximum Gasteiger partial charge on any atom is 0.237 e. The first kappa shape index (κ1) is 12.5. The van der Waals surface area contributed by atoms with E-state index < -0.39 is 0 Å². The molecule has 2 N–H and O–H groups in total. The highest BCUT2D eigenvalue weighted by Crippen LogP contribution is 2.45. The van der Waals surface area contributed by atoms with Crippen LogP contribution in [0.5, 0.6) is 0 Å². The standard InChI is InChI=1S/C14H15ClN2O2/c1-7-4-9-10(5-7)14(19)17(13(9)18)12-3-2-8(15)6-11(12)16/h2-3,6-7,9-10H,4-5,16H2,1H3. The molecule has 0 radical (unpaired) electrons. The van der Waals surface area contributed by atoms with Gasteiger partial charge in [-0.3, -0.25) is 9.59 Å². The number of anilines is 2. The molecule has 1 aromatic carbocycles. The van der Waals surface area contributed by atoms with Crippen molar-refractivity contribution >= 4 is 34.8 Å². The zero-order chi connectivity index (χ0) is 13.7. The molecule has 2 aliphatic rings. The molecule has 3 rings (SSSR count). The lowest BCUT2D eigenvalue weighted by Crippen LogP contribution is -2.32. The molecule has 4 nitrogen and oxygen atoms in total. The number of carbonyl (C=O) groups excluding carboxylic acids is 2. The minimum atomic E-state index is -0.169. The Hall–Kier alpha value is -1.55. The average Bonchev–Trinajstić information content (AvgIpc) is 2.82. The lowest BCUT2D eigenvalue weighted by molar-refractivity contribution is -0.123. The maximum atomic E-state index is 12.4. The number of hydrogen-bond donors (Lipinski definition) is 1. The summed E-state index contributed by atoms with van der Waals surface area (Å²) < 4.78 is 0. The molecule has 1 saturated heterocycles. The van der Waals surface area contributed by atoms with Crippen molar-refractivity contribution < 1.29 is 9.59 Å². The van der Waals surface area contributed by atoms with Crippen LogP contribution in [-0.2, 0) is 9.59 Å². The maximum absolute atomic E-state index is 12.4. The fourth-order valence-corrected chi connectivity index (χ4v) is 3.42. The van der Waals surface area contributed by atoms with Gasteiger partial charge in [0.2, 0.25) is 11.8 Å². The summed E-state index contributed by atoms with van der Waals surface area (Å²) in [5.41, 5.74) is 6.70. The molecule has 1 aliphatic heterocycles. The van der Waals surface area contributed by atoms with Gasteiger partial charge in [0, 0.05) is 5.02 Å². The van der Waals surface area contributed by atoms with Gasteiger partial charge in [-0.2, -0.15) is 0 Å². The topological polar surface area (TPSA) is 63.4 Å². The fourth-order valence-electron chi connectivity index (χ4n) is 3.24. The first-order chi connectivity index (χ1) is 8.99. The first-order valence-corrected chi connectivity index (χ1v) is 6.79. The van der Waals surface area contributed by atoms with Crippen molar-refractivity contribution in [3.05, 3.63) is 23.2 Å². The molecule has 1 aromatic rings. The van der Waals surface area contributed by atoms with Crippen molar-refractivity contribution in [3.8, 4) is 0 Å². The molecule has 0 spiro atoms. The number of rotatable bonds is 1. The number of benzene rings is 1. The van der Waals surface area contributed by atoms with Crippen LogP contribution in [0.4, 0.5) is 11.4 Å². The molecular formula is C14H15ClN2O2. The van der Waals surface area contributed by atoms with E-state index in [0.717, 1.165) is 12.8 Å². The van der Waals surface area contributed by atoms with Gasteiger partial charge in [0.05, 0.1) is 23.2 Å². The molecule has 100 valence electrons. The van der Waals surface area contributed by atoms with E-state index in [1.807, 2.05) is 0 Å². The summed E-state index contributed by atoms with van der Waals surface area (Å²) >= 11 is 5.84. The Balaban J connectivity index is 1.99. The van der Waals surface area contributed by atoms with E-state index in [9.17, 15) is 9.59 Å². The number of amides is 2. The van der Waals surface area contributed by atoms with Crippen molar-refractivity contribution in [2.75, 3.05) is 10.6 Å². The zero-order valence-corrected chi connectivity index (χ0v) is 11.4. The van der Waals surface area contributed by atoms with Crippen LogP contribution in [0, 0.1) is 17.8 Å². The second-order valence-corrected chi connectivity index (χ2v) is 5.94. The summed E-state index contributed by atoms with van der Waals surface area (Å²) in [4.78, 5) is 26.0. The van der Waals surface area contributed by atoms with Crippen LogP contribution < -0.4 is 10.6 Å². The predicted molar refractivity (Wildman–Crippen MR) is 73.7 cm³/mol. The van der Waals surface area contributed by atoms with Crippen molar-refractivity contribution in [3.63, 3.8) is 0 Å². The van der Waals surface area contributed by atoms with Gasteiger partial charge in [-0.25, -0.2) is 4.90 Å². The van der Waals surface area contributed by atoms with E-state index in [1.54, 1.807) is 18.2 Å².